The Hall–Kier alpha value is -4.13. The van der Waals surface area contributed by atoms with Crippen molar-refractivity contribution in [3.63, 3.8) is 0 Å². The third-order valence-corrected chi connectivity index (χ3v) is 6.92. The highest BCUT2D eigenvalue weighted by molar-refractivity contribution is 6.46. The van der Waals surface area contributed by atoms with E-state index in [4.69, 9.17) is 9.47 Å². The number of hydrogen-bond donors (Lipinski definition) is 1. The number of likely N-dealkylation sites (tertiary alicyclic amines) is 1. The van der Waals surface area contributed by atoms with E-state index in [2.05, 4.69) is 18.8 Å². The standard InChI is InChI=1S/C31H32N2O5/c1-19(2)11-13-37-25-8-4-7-22(16-25)28-27(29(34)23-9-10-26-24(15-23)14-20(3)38-26)30(35)31(36)33(28)18-21-6-5-12-32-17-21/h4-10,12,15-17,19-20,28,34H,11,13-14,18H2,1-3H3/t20-,28-/m0/s1. The van der Waals surface area contributed by atoms with Gasteiger partial charge in [-0.05, 0) is 72.4 Å². The molecular weight excluding hydrogens is 480 g/mol. The maximum atomic E-state index is 13.4. The molecule has 3 aromatic rings. The topological polar surface area (TPSA) is 89.0 Å². The Kier molecular flexibility index (Phi) is 7.18. The highest BCUT2D eigenvalue weighted by Gasteiger charge is 2.46. The molecule has 1 aromatic heterocycles. The summed E-state index contributed by atoms with van der Waals surface area (Å²) in [6.07, 6.45) is 5.00. The van der Waals surface area contributed by atoms with Crippen LogP contribution in [-0.4, -0.2) is 39.4 Å². The summed E-state index contributed by atoms with van der Waals surface area (Å²) in [7, 11) is 0. The van der Waals surface area contributed by atoms with Crippen molar-refractivity contribution in [1.82, 2.24) is 9.88 Å². The van der Waals surface area contributed by atoms with Gasteiger partial charge in [0, 0.05) is 30.9 Å². The van der Waals surface area contributed by atoms with Gasteiger partial charge in [0.25, 0.3) is 11.7 Å². The monoisotopic (exact) mass is 512 g/mol. The number of rotatable bonds is 8. The molecule has 2 aliphatic heterocycles. The minimum atomic E-state index is -0.785. The fourth-order valence-corrected chi connectivity index (χ4v) is 4.99. The molecule has 7 nitrogen and oxygen atoms in total. The summed E-state index contributed by atoms with van der Waals surface area (Å²) in [5, 5.41) is 11.5. The molecule has 196 valence electrons. The molecule has 1 saturated heterocycles. The van der Waals surface area contributed by atoms with E-state index in [1.165, 1.54) is 4.90 Å². The number of aliphatic hydroxyl groups is 1. The Morgan fingerprint density at radius 3 is 2.76 bits per heavy atom. The molecular formula is C31H32N2O5. The van der Waals surface area contributed by atoms with Gasteiger partial charge in [0.15, 0.2) is 0 Å². The van der Waals surface area contributed by atoms with Gasteiger partial charge < -0.3 is 19.5 Å². The van der Waals surface area contributed by atoms with Crippen LogP contribution in [0.2, 0.25) is 0 Å². The summed E-state index contributed by atoms with van der Waals surface area (Å²) in [6, 6.07) is 15.6. The molecule has 0 bridgehead atoms. The predicted molar refractivity (Wildman–Crippen MR) is 144 cm³/mol. The van der Waals surface area contributed by atoms with Crippen LogP contribution in [0, 0.1) is 5.92 Å². The number of fused-ring (bicyclic) bond motifs is 1. The van der Waals surface area contributed by atoms with Crippen LogP contribution in [0.3, 0.4) is 0 Å². The number of ketones is 1. The lowest BCUT2D eigenvalue weighted by Gasteiger charge is -2.25. The van der Waals surface area contributed by atoms with Crippen molar-refractivity contribution in [3.05, 3.63) is 94.8 Å². The fraction of sp³-hybridized carbons (Fsp3) is 0.323. The molecule has 0 radical (unpaired) electrons. The molecule has 1 N–H and O–H groups in total. The average molecular weight is 513 g/mol. The highest BCUT2D eigenvalue weighted by atomic mass is 16.5. The molecule has 7 heteroatoms. The number of ether oxygens (including phenoxy) is 2. The Morgan fingerprint density at radius 1 is 1.16 bits per heavy atom. The molecule has 3 heterocycles. The van der Waals surface area contributed by atoms with Gasteiger partial charge in [-0.25, -0.2) is 0 Å². The number of pyridine rings is 1. The van der Waals surface area contributed by atoms with Crippen molar-refractivity contribution in [1.29, 1.82) is 0 Å². The molecule has 2 atom stereocenters. The first-order valence-electron chi connectivity index (χ1n) is 13.0. The maximum absolute atomic E-state index is 13.4. The van der Waals surface area contributed by atoms with Gasteiger partial charge in [0.05, 0.1) is 18.2 Å². The van der Waals surface area contributed by atoms with Crippen LogP contribution in [0.15, 0.2) is 72.6 Å². The second kappa shape index (κ2) is 10.7. The van der Waals surface area contributed by atoms with Crippen molar-refractivity contribution in [3.8, 4) is 11.5 Å². The number of aliphatic hydroxyl groups excluding tert-OH is 1. The third-order valence-electron chi connectivity index (χ3n) is 6.92. The zero-order chi connectivity index (χ0) is 26.8. The van der Waals surface area contributed by atoms with Crippen molar-refractivity contribution in [2.75, 3.05) is 6.61 Å². The number of benzene rings is 2. The van der Waals surface area contributed by atoms with E-state index in [0.29, 0.717) is 35.8 Å². The quantitative estimate of drug-likeness (QED) is 0.245. The number of carbonyl (C=O) groups excluding carboxylic acids is 2. The van der Waals surface area contributed by atoms with E-state index in [1.807, 2.05) is 43.3 Å². The second-order valence-electron chi connectivity index (χ2n) is 10.3. The van der Waals surface area contributed by atoms with E-state index < -0.39 is 17.7 Å². The van der Waals surface area contributed by atoms with Gasteiger partial charge in [-0.2, -0.15) is 0 Å². The molecule has 0 unspecified atom stereocenters. The summed E-state index contributed by atoms with van der Waals surface area (Å²) >= 11 is 0. The van der Waals surface area contributed by atoms with E-state index in [-0.39, 0.29) is 24.0 Å². The lowest BCUT2D eigenvalue weighted by Crippen LogP contribution is -2.29. The largest absolute Gasteiger partial charge is 0.507 e. The number of nitrogens with zero attached hydrogens (tertiary/aromatic N) is 2. The smallest absolute Gasteiger partial charge is 0.295 e. The second-order valence-corrected chi connectivity index (χ2v) is 10.3. The number of carbonyl (C=O) groups is 2. The van der Waals surface area contributed by atoms with Gasteiger partial charge in [-0.3, -0.25) is 14.6 Å². The first kappa shape index (κ1) is 25.5. The van der Waals surface area contributed by atoms with Gasteiger partial charge in [-0.1, -0.05) is 32.0 Å². The fourth-order valence-electron chi connectivity index (χ4n) is 4.99. The minimum Gasteiger partial charge on any atom is -0.507 e. The molecule has 0 spiro atoms. The van der Waals surface area contributed by atoms with Crippen LogP contribution in [0.25, 0.3) is 5.76 Å². The first-order chi connectivity index (χ1) is 18.3. The van der Waals surface area contributed by atoms with E-state index in [0.717, 1.165) is 23.3 Å². The third kappa shape index (κ3) is 5.14. The van der Waals surface area contributed by atoms with Crippen LogP contribution >= 0.6 is 0 Å². The summed E-state index contributed by atoms with van der Waals surface area (Å²) in [6.45, 7) is 7.00. The molecule has 2 aliphatic rings. The summed E-state index contributed by atoms with van der Waals surface area (Å²) < 4.78 is 11.8. The van der Waals surface area contributed by atoms with Crippen molar-refractivity contribution in [2.24, 2.45) is 5.92 Å². The van der Waals surface area contributed by atoms with Crippen LogP contribution in [0.5, 0.6) is 11.5 Å². The Morgan fingerprint density at radius 2 is 2.00 bits per heavy atom. The van der Waals surface area contributed by atoms with Crippen LogP contribution in [0.4, 0.5) is 0 Å². The van der Waals surface area contributed by atoms with Gasteiger partial charge in [0.2, 0.25) is 0 Å². The first-order valence-corrected chi connectivity index (χ1v) is 13.0. The van der Waals surface area contributed by atoms with Gasteiger partial charge >= 0.3 is 0 Å². The van der Waals surface area contributed by atoms with E-state index in [1.54, 1.807) is 30.6 Å². The predicted octanol–water partition coefficient (Wildman–Crippen LogP) is 5.45. The zero-order valence-corrected chi connectivity index (χ0v) is 21.9. The van der Waals surface area contributed by atoms with Gasteiger partial charge in [0.1, 0.15) is 23.4 Å². The normalized spacial score (nSPS) is 20.1. The van der Waals surface area contributed by atoms with E-state index >= 15 is 0 Å². The van der Waals surface area contributed by atoms with Crippen LogP contribution < -0.4 is 9.47 Å². The van der Waals surface area contributed by atoms with Crippen LogP contribution in [-0.2, 0) is 22.6 Å². The zero-order valence-electron chi connectivity index (χ0n) is 21.9. The summed E-state index contributed by atoms with van der Waals surface area (Å²) in [5.74, 6) is 0.353. The maximum Gasteiger partial charge on any atom is 0.295 e. The highest BCUT2D eigenvalue weighted by Crippen LogP contribution is 2.42. The van der Waals surface area contributed by atoms with Crippen molar-refractivity contribution >= 4 is 17.4 Å². The SMILES string of the molecule is CC(C)CCOc1cccc([C@H]2C(=C(O)c3ccc4c(c3)C[C@H](C)O4)C(=O)C(=O)N2Cc2cccnc2)c1. The molecule has 5 rings (SSSR count). The summed E-state index contributed by atoms with van der Waals surface area (Å²) in [4.78, 5) is 32.5. The summed E-state index contributed by atoms with van der Waals surface area (Å²) in [5.41, 5.74) is 2.98. The lowest BCUT2D eigenvalue weighted by molar-refractivity contribution is -0.140. The molecule has 38 heavy (non-hydrogen) atoms. The Balaban J connectivity index is 1.57. The van der Waals surface area contributed by atoms with Crippen molar-refractivity contribution < 1.29 is 24.2 Å². The molecule has 0 aliphatic carbocycles. The number of Topliss-reactive ketones (excluding diaryl/α,β-unsaturated/α-hetero) is 1. The molecule has 0 saturated carbocycles. The van der Waals surface area contributed by atoms with Gasteiger partial charge in [-0.15, -0.1) is 0 Å². The average Bonchev–Trinajstić information content (AvgIpc) is 3.40. The number of aromatic nitrogens is 1. The molecule has 1 amide bonds. The number of hydrogen-bond acceptors (Lipinski definition) is 6. The number of amides is 1. The molecule has 1 fully saturated rings. The molecule has 2 aromatic carbocycles. The van der Waals surface area contributed by atoms with Crippen molar-refractivity contribution in [2.45, 2.75) is 52.3 Å². The Bertz CT molecular complexity index is 1380. The minimum absolute atomic E-state index is 0.0471. The van der Waals surface area contributed by atoms with Crippen LogP contribution in [0.1, 0.15) is 55.5 Å². The van der Waals surface area contributed by atoms with E-state index in [9.17, 15) is 14.7 Å². The Labute approximate surface area is 222 Å². The lowest BCUT2D eigenvalue weighted by atomic mass is 9.94.